The molecule has 0 radical (unpaired) electrons. The fourth-order valence-corrected chi connectivity index (χ4v) is 2.89. The van der Waals surface area contributed by atoms with Crippen molar-refractivity contribution in [1.82, 2.24) is 4.72 Å². The van der Waals surface area contributed by atoms with E-state index in [4.69, 9.17) is 5.73 Å². The molecule has 116 valence electrons. The van der Waals surface area contributed by atoms with Gasteiger partial charge in [0, 0.05) is 12.1 Å². The van der Waals surface area contributed by atoms with Crippen molar-refractivity contribution in [1.29, 1.82) is 0 Å². The van der Waals surface area contributed by atoms with Crippen molar-refractivity contribution in [2.24, 2.45) is 5.73 Å². The monoisotopic (exact) mass is 330 g/mol. The van der Waals surface area contributed by atoms with Crippen LogP contribution in [0, 0.1) is 0 Å². The number of halogens is 3. The Morgan fingerprint density at radius 2 is 1.90 bits per heavy atom. The summed E-state index contributed by atoms with van der Waals surface area (Å²) >= 11 is 0. The summed E-state index contributed by atoms with van der Waals surface area (Å²) in [5, 5.41) is 0. The van der Waals surface area contributed by atoms with Gasteiger partial charge in [-0.3, -0.25) is 0 Å². The first-order valence-electron chi connectivity index (χ1n) is 5.46. The molecule has 20 heavy (non-hydrogen) atoms. The van der Waals surface area contributed by atoms with Crippen LogP contribution in [0.1, 0.15) is 13.8 Å². The van der Waals surface area contributed by atoms with E-state index in [0.29, 0.717) is 0 Å². The number of hydrogen-bond donors (Lipinski definition) is 2. The van der Waals surface area contributed by atoms with Gasteiger partial charge in [0.15, 0.2) is 0 Å². The van der Waals surface area contributed by atoms with E-state index in [0.717, 1.165) is 6.07 Å². The highest BCUT2D eigenvalue weighted by Crippen LogP contribution is 2.25. The minimum Gasteiger partial charge on any atom is -0.433 e. The van der Waals surface area contributed by atoms with Crippen molar-refractivity contribution < 1.29 is 21.9 Å². The van der Waals surface area contributed by atoms with Crippen LogP contribution in [-0.2, 0) is 10.0 Å². The zero-order valence-electron chi connectivity index (χ0n) is 11.0. The van der Waals surface area contributed by atoms with E-state index < -0.39 is 27.9 Å². The Balaban J connectivity index is 0.00000361. The average molecular weight is 331 g/mol. The lowest BCUT2D eigenvalue weighted by Crippen LogP contribution is -2.48. The maximum atomic E-state index is 12.2. The summed E-state index contributed by atoms with van der Waals surface area (Å²) in [6.45, 7) is 0.130. The molecule has 0 bridgehead atoms. The zero-order chi connectivity index (χ0) is 14.7. The molecule has 0 unspecified atom stereocenters. The molecule has 0 saturated carbocycles. The predicted octanol–water partition coefficient (Wildman–Crippen LogP) is 1.73. The second-order valence-electron chi connectivity index (χ2n) is 4.52. The maximum Gasteiger partial charge on any atom is 0.387 e. The summed E-state index contributed by atoms with van der Waals surface area (Å²) in [5.74, 6) is -0.405. The van der Waals surface area contributed by atoms with Crippen molar-refractivity contribution in [3.63, 3.8) is 0 Å². The normalized spacial score (nSPS) is 12.1. The van der Waals surface area contributed by atoms with Gasteiger partial charge in [-0.2, -0.15) is 8.78 Å². The van der Waals surface area contributed by atoms with Gasteiger partial charge in [-0.15, -0.1) is 12.4 Å². The Kier molecular flexibility index (Phi) is 6.82. The van der Waals surface area contributed by atoms with Crippen molar-refractivity contribution in [2.75, 3.05) is 6.54 Å². The molecule has 0 saturated heterocycles. The average Bonchev–Trinajstić information content (AvgIpc) is 2.27. The molecular weight excluding hydrogens is 314 g/mol. The van der Waals surface area contributed by atoms with Gasteiger partial charge in [0.1, 0.15) is 10.6 Å². The molecule has 0 aromatic heterocycles. The van der Waals surface area contributed by atoms with Crippen LogP contribution in [-0.4, -0.2) is 27.1 Å². The molecule has 0 spiro atoms. The number of sulfonamides is 1. The molecule has 1 aromatic rings. The van der Waals surface area contributed by atoms with Gasteiger partial charge in [0.05, 0.1) is 0 Å². The lowest BCUT2D eigenvalue weighted by atomic mass is 10.1. The molecule has 0 fully saturated rings. The molecule has 0 aliphatic carbocycles. The van der Waals surface area contributed by atoms with E-state index in [1.54, 1.807) is 13.8 Å². The van der Waals surface area contributed by atoms with Crippen molar-refractivity contribution in [3.05, 3.63) is 24.3 Å². The molecule has 0 atom stereocenters. The largest absolute Gasteiger partial charge is 0.433 e. The van der Waals surface area contributed by atoms with Gasteiger partial charge in [-0.05, 0) is 26.0 Å². The number of rotatable bonds is 6. The number of alkyl halides is 2. The lowest BCUT2D eigenvalue weighted by Gasteiger charge is -2.24. The molecule has 3 N–H and O–H groups in total. The Morgan fingerprint density at radius 1 is 1.35 bits per heavy atom. The van der Waals surface area contributed by atoms with E-state index in [1.807, 2.05) is 0 Å². The summed E-state index contributed by atoms with van der Waals surface area (Å²) in [6.07, 6.45) is 0. The number of nitrogens with two attached hydrogens (primary N) is 1. The molecule has 0 aliphatic heterocycles. The van der Waals surface area contributed by atoms with Crippen LogP contribution in [0.4, 0.5) is 8.78 Å². The van der Waals surface area contributed by atoms with Gasteiger partial charge < -0.3 is 10.5 Å². The molecule has 0 amide bonds. The quantitative estimate of drug-likeness (QED) is 0.832. The van der Waals surface area contributed by atoms with Gasteiger partial charge in [-0.25, -0.2) is 13.1 Å². The summed E-state index contributed by atoms with van der Waals surface area (Å²) in [4.78, 5) is -0.350. The van der Waals surface area contributed by atoms with E-state index in [9.17, 15) is 17.2 Å². The Labute approximate surface area is 123 Å². The molecular formula is C11H17ClF2N2O3S. The molecule has 1 aromatic carbocycles. The van der Waals surface area contributed by atoms with Crippen molar-refractivity contribution >= 4 is 22.4 Å². The SMILES string of the molecule is CC(C)(CN)NS(=O)(=O)c1ccccc1OC(F)F.Cl. The van der Waals surface area contributed by atoms with Crippen LogP contribution in [0.15, 0.2) is 29.2 Å². The molecule has 5 nitrogen and oxygen atoms in total. The van der Waals surface area contributed by atoms with Crippen LogP contribution >= 0.6 is 12.4 Å². The van der Waals surface area contributed by atoms with Crippen molar-refractivity contribution in [2.45, 2.75) is 30.9 Å². The number of hydrogen-bond acceptors (Lipinski definition) is 4. The fourth-order valence-electron chi connectivity index (χ4n) is 1.33. The standard InChI is InChI=1S/C11H16F2N2O3S.ClH/c1-11(2,7-14)15-19(16,17)9-6-4-3-5-8(9)18-10(12)13;/h3-6,10,15H,7,14H2,1-2H3;1H. The first-order chi connectivity index (χ1) is 8.68. The summed E-state index contributed by atoms with van der Waals surface area (Å²) in [7, 11) is -3.99. The lowest BCUT2D eigenvalue weighted by molar-refractivity contribution is -0.0517. The number of benzene rings is 1. The van der Waals surface area contributed by atoms with Crippen LogP contribution in [0.2, 0.25) is 0 Å². The highest BCUT2D eigenvalue weighted by Gasteiger charge is 2.27. The third kappa shape index (κ3) is 5.20. The number of nitrogens with one attached hydrogen (secondary N) is 1. The van der Waals surface area contributed by atoms with Crippen molar-refractivity contribution in [3.8, 4) is 5.75 Å². The Morgan fingerprint density at radius 3 is 2.40 bits per heavy atom. The Bertz CT molecular complexity index is 538. The van der Waals surface area contributed by atoms with Crippen LogP contribution in [0.25, 0.3) is 0 Å². The van der Waals surface area contributed by atoms with Crippen LogP contribution < -0.4 is 15.2 Å². The highest BCUT2D eigenvalue weighted by molar-refractivity contribution is 7.89. The minimum atomic E-state index is -3.99. The first kappa shape index (κ1) is 19.0. The molecule has 9 heteroatoms. The highest BCUT2D eigenvalue weighted by atomic mass is 35.5. The molecule has 1 rings (SSSR count). The van der Waals surface area contributed by atoms with Crippen LogP contribution in [0.5, 0.6) is 5.75 Å². The maximum absolute atomic E-state index is 12.2. The fraction of sp³-hybridized carbons (Fsp3) is 0.455. The van der Waals surface area contributed by atoms with Gasteiger partial charge >= 0.3 is 6.61 Å². The summed E-state index contributed by atoms with van der Waals surface area (Å²) in [5.41, 5.74) is 4.54. The number of para-hydroxylation sites is 1. The topological polar surface area (TPSA) is 81.4 Å². The third-order valence-electron chi connectivity index (χ3n) is 2.28. The van der Waals surface area contributed by atoms with Gasteiger partial charge in [0.25, 0.3) is 0 Å². The first-order valence-corrected chi connectivity index (χ1v) is 6.94. The van der Waals surface area contributed by atoms with Crippen LogP contribution in [0.3, 0.4) is 0 Å². The zero-order valence-corrected chi connectivity index (χ0v) is 12.6. The molecule has 0 aliphatic rings. The predicted molar refractivity (Wildman–Crippen MR) is 73.8 cm³/mol. The summed E-state index contributed by atoms with van der Waals surface area (Å²) in [6, 6.07) is 5.18. The van der Waals surface area contributed by atoms with Gasteiger partial charge in [0.2, 0.25) is 10.0 Å². The second-order valence-corrected chi connectivity index (χ2v) is 6.17. The van der Waals surface area contributed by atoms with E-state index in [1.165, 1.54) is 18.2 Å². The van der Waals surface area contributed by atoms with E-state index >= 15 is 0 Å². The summed E-state index contributed by atoms with van der Waals surface area (Å²) < 4.78 is 55.2. The van der Waals surface area contributed by atoms with E-state index in [2.05, 4.69) is 9.46 Å². The number of ether oxygens (including phenoxy) is 1. The molecule has 0 heterocycles. The van der Waals surface area contributed by atoms with Gasteiger partial charge in [-0.1, -0.05) is 12.1 Å². The van der Waals surface area contributed by atoms with E-state index in [-0.39, 0.29) is 23.8 Å². The smallest absolute Gasteiger partial charge is 0.387 e. The minimum absolute atomic E-state index is 0. The third-order valence-corrected chi connectivity index (χ3v) is 4.01. The second kappa shape index (κ2) is 7.16. The Hall–Kier alpha value is -0.960.